The van der Waals surface area contributed by atoms with Crippen molar-refractivity contribution in [3.63, 3.8) is 0 Å². The van der Waals surface area contributed by atoms with Gasteiger partial charge in [-0.15, -0.1) is 0 Å². The Balaban J connectivity index is 1.84. The van der Waals surface area contributed by atoms with Gasteiger partial charge in [-0.1, -0.05) is 60.5 Å². The molecule has 0 fully saturated rings. The minimum atomic E-state index is -0.348. The molecule has 2 aromatic rings. The standard InChI is InChI=1S/C21H25Cl2N3O2/c1-4-15-8-10-16(11-9-15)12-25(2)14-20(28)26(3)13-19(27)24-21-17(22)6-5-7-18(21)23/h5-11H,4,12-14H2,1-3H3,(H,24,27)/p+1. The van der Waals surface area contributed by atoms with Crippen molar-refractivity contribution in [2.75, 3.05) is 32.5 Å². The van der Waals surface area contributed by atoms with Gasteiger partial charge in [0.2, 0.25) is 5.91 Å². The lowest BCUT2D eigenvalue weighted by atomic mass is 10.1. The molecule has 7 heteroatoms. The molecule has 5 nitrogen and oxygen atoms in total. The molecule has 28 heavy (non-hydrogen) atoms. The summed E-state index contributed by atoms with van der Waals surface area (Å²) in [5, 5.41) is 3.37. The van der Waals surface area contributed by atoms with E-state index >= 15 is 0 Å². The maximum atomic E-state index is 12.4. The first-order valence-electron chi connectivity index (χ1n) is 9.17. The topological polar surface area (TPSA) is 53.9 Å². The van der Waals surface area contributed by atoms with Gasteiger partial charge in [0.05, 0.1) is 29.3 Å². The second-order valence-corrected chi connectivity index (χ2v) is 7.69. The predicted octanol–water partition coefficient (Wildman–Crippen LogP) is 2.67. The van der Waals surface area contributed by atoms with E-state index < -0.39 is 0 Å². The Hall–Kier alpha value is -2.08. The lowest BCUT2D eigenvalue weighted by molar-refractivity contribution is -0.885. The van der Waals surface area contributed by atoms with Gasteiger partial charge in [-0.05, 0) is 24.1 Å². The van der Waals surface area contributed by atoms with Crippen LogP contribution in [0.15, 0.2) is 42.5 Å². The minimum absolute atomic E-state index is 0.0706. The zero-order valence-corrected chi connectivity index (χ0v) is 17.9. The first kappa shape index (κ1) is 22.2. The average molecular weight is 423 g/mol. The van der Waals surface area contributed by atoms with E-state index in [1.165, 1.54) is 16.0 Å². The number of quaternary nitrogens is 1. The Morgan fingerprint density at radius 2 is 1.61 bits per heavy atom. The lowest BCUT2D eigenvalue weighted by Gasteiger charge is -2.20. The number of likely N-dealkylation sites (N-methyl/N-ethyl adjacent to an activating group) is 2. The third kappa shape index (κ3) is 6.51. The number of hydrogen-bond acceptors (Lipinski definition) is 2. The number of hydrogen-bond donors (Lipinski definition) is 2. The molecule has 1 atom stereocenters. The Morgan fingerprint density at radius 3 is 2.18 bits per heavy atom. The van der Waals surface area contributed by atoms with Crippen LogP contribution in [0.1, 0.15) is 18.1 Å². The predicted molar refractivity (Wildman–Crippen MR) is 114 cm³/mol. The highest BCUT2D eigenvalue weighted by Gasteiger charge is 2.18. The van der Waals surface area contributed by atoms with Gasteiger partial charge in [-0.3, -0.25) is 9.59 Å². The molecule has 0 saturated carbocycles. The van der Waals surface area contributed by atoms with Gasteiger partial charge in [-0.25, -0.2) is 0 Å². The summed E-state index contributed by atoms with van der Waals surface area (Å²) < 4.78 is 0. The van der Waals surface area contributed by atoms with Gasteiger partial charge in [0.1, 0.15) is 6.54 Å². The smallest absolute Gasteiger partial charge is 0.277 e. The Kier molecular flexibility index (Phi) is 8.30. The van der Waals surface area contributed by atoms with Crippen LogP contribution in [-0.2, 0) is 22.6 Å². The van der Waals surface area contributed by atoms with Crippen LogP contribution in [0.25, 0.3) is 0 Å². The normalized spacial score (nSPS) is 11.8. The van der Waals surface area contributed by atoms with Gasteiger partial charge < -0.3 is 15.1 Å². The molecule has 0 spiro atoms. The average Bonchev–Trinajstić information content (AvgIpc) is 2.65. The molecule has 2 amide bonds. The molecule has 1 unspecified atom stereocenters. The summed E-state index contributed by atoms with van der Waals surface area (Å²) in [6.45, 7) is 3.09. The van der Waals surface area contributed by atoms with Crippen molar-refractivity contribution in [2.24, 2.45) is 0 Å². The van der Waals surface area contributed by atoms with Gasteiger partial charge in [0, 0.05) is 12.6 Å². The van der Waals surface area contributed by atoms with E-state index in [1.807, 2.05) is 7.05 Å². The highest BCUT2D eigenvalue weighted by Crippen LogP contribution is 2.29. The highest BCUT2D eigenvalue weighted by molar-refractivity contribution is 6.39. The molecule has 0 aliphatic carbocycles. The summed E-state index contributed by atoms with van der Waals surface area (Å²) in [7, 11) is 3.57. The molecule has 150 valence electrons. The van der Waals surface area contributed by atoms with E-state index in [2.05, 4.69) is 36.5 Å². The van der Waals surface area contributed by atoms with Gasteiger partial charge in [0.15, 0.2) is 6.54 Å². The number of rotatable bonds is 8. The summed E-state index contributed by atoms with van der Waals surface area (Å²) in [4.78, 5) is 27.1. The van der Waals surface area contributed by atoms with Gasteiger partial charge in [0.25, 0.3) is 5.91 Å². The number of carbonyl (C=O) groups is 2. The van der Waals surface area contributed by atoms with Crippen molar-refractivity contribution in [1.82, 2.24) is 4.90 Å². The molecule has 2 rings (SSSR count). The SMILES string of the molecule is CCc1ccc(C[NH+](C)CC(=O)N(C)CC(=O)Nc2c(Cl)cccc2Cl)cc1. The van der Waals surface area contributed by atoms with E-state index in [0.29, 0.717) is 22.3 Å². The number of aryl methyl sites for hydroxylation is 1. The summed E-state index contributed by atoms with van der Waals surface area (Å²) >= 11 is 12.1. The number of benzene rings is 2. The maximum Gasteiger partial charge on any atom is 0.277 e. The van der Waals surface area contributed by atoms with Crippen LogP contribution < -0.4 is 10.2 Å². The molecule has 0 saturated heterocycles. The third-order valence-electron chi connectivity index (χ3n) is 4.42. The van der Waals surface area contributed by atoms with Crippen LogP contribution in [0.3, 0.4) is 0 Å². The second kappa shape index (κ2) is 10.5. The zero-order valence-electron chi connectivity index (χ0n) is 16.4. The third-order valence-corrected chi connectivity index (χ3v) is 5.05. The summed E-state index contributed by atoms with van der Waals surface area (Å²) in [5.74, 6) is -0.457. The number of nitrogens with zero attached hydrogens (tertiary/aromatic N) is 1. The first-order valence-corrected chi connectivity index (χ1v) is 9.92. The number of halogens is 2. The minimum Gasteiger partial charge on any atom is -0.332 e. The summed E-state index contributed by atoms with van der Waals surface area (Å²) in [6, 6.07) is 13.4. The van der Waals surface area contributed by atoms with E-state index in [1.54, 1.807) is 25.2 Å². The second-order valence-electron chi connectivity index (χ2n) is 6.88. The van der Waals surface area contributed by atoms with Crippen LogP contribution in [-0.4, -0.2) is 43.9 Å². The monoisotopic (exact) mass is 422 g/mol. The molecular weight excluding hydrogens is 397 g/mol. The van der Waals surface area contributed by atoms with Crippen LogP contribution >= 0.6 is 23.2 Å². The van der Waals surface area contributed by atoms with Crippen molar-refractivity contribution in [2.45, 2.75) is 19.9 Å². The van der Waals surface area contributed by atoms with Crippen molar-refractivity contribution in [3.8, 4) is 0 Å². The van der Waals surface area contributed by atoms with Crippen LogP contribution in [0.2, 0.25) is 10.0 Å². The summed E-state index contributed by atoms with van der Waals surface area (Å²) in [6.07, 6.45) is 1.01. The molecule has 0 aliphatic heterocycles. The zero-order chi connectivity index (χ0) is 20.7. The number of carbonyl (C=O) groups excluding carboxylic acids is 2. The van der Waals surface area contributed by atoms with Gasteiger partial charge in [-0.2, -0.15) is 0 Å². The molecule has 0 aromatic heterocycles. The molecule has 0 heterocycles. The fourth-order valence-electron chi connectivity index (χ4n) is 2.80. The quantitative estimate of drug-likeness (QED) is 0.686. The summed E-state index contributed by atoms with van der Waals surface area (Å²) in [5.41, 5.74) is 2.83. The number of amides is 2. The first-order chi connectivity index (χ1) is 13.3. The maximum absolute atomic E-state index is 12.4. The molecule has 2 N–H and O–H groups in total. The van der Waals surface area contributed by atoms with E-state index in [4.69, 9.17) is 23.2 Å². The van der Waals surface area contributed by atoms with Crippen LogP contribution in [0.4, 0.5) is 5.69 Å². The number of para-hydroxylation sites is 1. The van der Waals surface area contributed by atoms with Crippen molar-refractivity contribution in [1.29, 1.82) is 0 Å². The Morgan fingerprint density at radius 1 is 1.04 bits per heavy atom. The molecule has 0 aliphatic rings. The highest BCUT2D eigenvalue weighted by atomic mass is 35.5. The lowest BCUT2D eigenvalue weighted by Crippen LogP contribution is -3.08. The number of nitrogens with one attached hydrogen (secondary N) is 2. The van der Waals surface area contributed by atoms with Gasteiger partial charge >= 0.3 is 0 Å². The van der Waals surface area contributed by atoms with Crippen LogP contribution in [0, 0.1) is 0 Å². The molecule has 2 aromatic carbocycles. The van der Waals surface area contributed by atoms with E-state index in [-0.39, 0.29) is 18.4 Å². The fraction of sp³-hybridized carbons (Fsp3) is 0.333. The van der Waals surface area contributed by atoms with E-state index in [9.17, 15) is 9.59 Å². The fourth-order valence-corrected chi connectivity index (χ4v) is 3.29. The number of anilines is 1. The molecular formula is C21H26Cl2N3O2+. The van der Waals surface area contributed by atoms with Crippen molar-refractivity contribution in [3.05, 3.63) is 63.6 Å². The van der Waals surface area contributed by atoms with E-state index in [0.717, 1.165) is 17.9 Å². The van der Waals surface area contributed by atoms with Crippen molar-refractivity contribution < 1.29 is 14.5 Å². The largest absolute Gasteiger partial charge is 0.332 e. The van der Waals surface area contributed by atoms with Crippen molar-refractivity contribution >= 4 is 40.7 Å². The van der Waals surface area contributed by atoms with Crippen LogP contribution in [0.5, 0.6) is 0 Å². The Labute approximate surface area is 176 Å². The molecule has 0 radical (unpaired) electrons. The Bertz CT molecular complexity index is 805. The molecule has 0 bridgehead atoms.